The van der Waals surface area contributed by atoms with Crippen molar-refractivity contribution in [1.82, 2.24) is 5.32 Å². The lowest BCUT2D eigenvalue weighted by atomic mass is 10.2. The normalized spacial score (nSPS) is 18.9. The number of morpholine rings is 1. The Kier molecular flexibility index (Phi) is 4.59. The van der Waals surface area contributed by atoms with Crippen molar-refractivity contribution >= 4 is 11.6 Å². The zero-order valence-electron chi connectivity index (χ0n) is 10.8. The van der Waals surface area contributed by atoms with Gasteiger partial charge in [-0.2, -0.15) is 0 Å². The molecule has 0 saturated carbocycles. The Balaban J connectivity index is 1.89. The molecular weight excluding hydrogens is 248 g/mol. The molecule has 0 radical (unpaired) electrons. The maximum absolute atomic E-state index is 11.8. The number of carbonyl (C=O) groups is 1. The Labute approximate surface area is 111 Å². The van der Waals surface area contributed by atoms with Gasteiger partial charge in [0.1, 0.15) is 0 Å². The highest BCUT2D eigenvalue weighted by atomic mass is 16.5. The predicted molar refractivity (Wildman–Crippen MR) is 70.5 cm³/mol. The maximum atomic E-state index is 11.8. The summed E-state index contributed by atoms with van der Waals surface area (Å²) in [4.78, 5) is 11.8. The molecule has 1 atom stereocenters. The van der Waals surface area contributed by atoms with Gasteiger partial charge < -0.3 is 25.2 Å². The minimum Gasteiger partial charge on any atom is -0.504 e. The van der Waals surface area contributed by atoms with Crippen molar-refractivity contribution in [3.8, 4) is 11.5 Å². The first-order chi connectivity index (χ1) is 9.19. The van der Waals surface area contributed by atoms with Gasteiger partial charge in [-0.25, -0.2) is 0 Å². The van der Waals surface area contributed by atoms with Crippen LogP contribution in [0.4, 0.5) is 5.69 Å². The monoisotopic (exact) mass is 266 g/mol. The van der Waals surface area contributed by atoms with Crippen molar-refractivity contribution < 1.29 is 19.4 Å². The van der Waals surface area contributed by atoms with Crippen molar-refractivity contribution in [1.29, 1.82) is 0 Å². The van der Waals surface area contributed by atoms with E-state index in [-0.39, 0.29) is 17.8 Å². The molecule has 1 fully saturated rings. The Morgan fingerprint density at radius 2 is 2.47 bits per heavy atom. The zero-order valence-corrected chi connectivity index (χ0v) is 10.8. The van der Waals surface area contributed by atoms with Gasteiger partial charge in [0.15, 0.2) is 11.5 Å². The lowest BCUT2D eigenvalue weighted by molar-refractivity contribution is -0.119. The number of aromatic hydroxyl groups is 1. The summed E-state index contributed by atoms with van der Waals surface area (Å²) in [6.07, 6.45) is 0.195. The Morgan fingerprint density at radius 1 is 1.63 bits per heavy atom. The average Bonchev–Trinajstić information content (AvgIpc) is 2.40. The van der Waals surface area contributed by atoms with Gasteiger partial charge in [0.25, 0.3) is 0 Å². The van der Waals surface area contributed by atoms with Crippen molar-refractivity contribution in [3.05, 3.63) is 18.2 Å². The minimum absolute atomic E-state index is 0.00381. The van der Waals surface area contributed by atoms with Crippen LogP contribution in [0.25, 0.3) is 0 Å². The summed E-state index contributed by atoms with van der Waals surface area (Å²) in [5.74, 6) is 0.229. The number of hydrogen-bond acceptors (Lipinski definition) is 5. The fourth-order valence-electron chi connectivity index (χ4n) is 1.94. The molecule has 6 heteroatoms. The van der Waals surface area contributed by atoms with Gasteiger partial charge in [0.2, 0.25) is 5.91 Å². The third-order valence-corrected chi connectivity index (χ3v) is 2.88. The van der Waals surface area contributed by atoms with E-state index in [1.807, 2.05) is 0 Å². The van der Waals surface area contributed by atoms with E-state index in [1.165, 1.54) is 13.2 Å². The number of rotatable bonds is 4. The third kappa shape index (κ3) is 3.84. The fourth-order valence-corrected chi connectivity index (χ4v) is 1.94. The van der Waals surface area contributed by atoms with E-state index in [0.717, 1.165) is 6.54 Å². The molecular formula is C13H18N2O4. The number of phenolic OH excluding ortho intramolecular Hbond substituents is 1. The lowest BCUT2D eigenvalue weighted by Gasteiger charge is -2.23. The van der Waals surface area contributed by atoms with E-state index < -0.39 is 0 Å². The van der Waals surface area contributed by atoms with E-state index in [1.54, 1.807) is 12.1 Å². The van der Waals surface area contributed by atoms with Crippen LogP contribution in [0.5, 0.6) is 11.5 Å². The number of benzene rings is 1. The summed E-state index contributed by atoms with van der Waals surface area (Å²) in [7, 11) is 1.47. The number of nitrogens with one attached hydrogen (secondary N) is 2. The Morgan fingerprint density at radius 3 is 3.11 bits per heavy atom. The van der Waals surface area contributed by atoms with Gasteiger partial charge in [0.05, 0.1) is 26.2 Å². The van der Waals surface area contributed by atoms with E-state index in [0.29, 0.717) is 31.0 Å². The first-order valence-electron chi connectivity index (χ1n) is 6.18. The summed E-state index contributed by atoms with van der Waals surface area (Å²) in [5.41, 5.74) is 0.534. The van der Waals surface area contributed by atoms with Gasteiger partial charge in [-0.15, -0.1) is 0 Å². The van der Waals surface area contributed by atoms with Crippen molar-refractivity contribution in [2.75, 3.05) is 32.1 Å². The quantitative estimate of drug-likeness (QED) is 0.748. The summed E-state index contributed by atoms with van der Waals surface area (Å²) in [5, 5.41) is 15.5. The molecule has 3 N–H and O–H groups in total. The summed E-state index contributed by atoms with van der Waals surface area (Å²) < 4.78 is 10.4. The number of ether oxygens (including phenoxy) is 2. The lowest BCUT2D eigenvalue weighted by Crippen LogP contribution is -2.40. The van der Waals surface area contributed by atoms with Gasteiger partial charge >= 0.3 is 0 Å². The van der Waals surface area contributed by atoms with E-state index in [4.69, 9.17) is 9.47 Å². The molecule has 6 nitrogen and oxygen atoms in total. The first kappa shape index (κ1) is 13.6. The number of carbonyl (C=O) groups excluding carboxylic acids is 1. The second-order valence-corrected chi connectivity index (χ2v) is 4.34. The molecule has 1 heterocycles. The van der Waals surface area contributed by atoms with Crippen LogP contribution in [-0.4, -0.2) is 43.9 Å². The molecule has 1 aliphatic heterocycles. The van der Waals surface area contributed by atoms with Crippen LogP contribution < -0.4 is 15.4 Å². The van der Waals surface area contributed by atoms with Crippen LogP contribution in [0.15, 0.2) is 18.2 Å². The zero-order chi connectivity index (χ0) is 13.7. The standard InChI is InChI=1S/C13H18N2O4/c1-18-12-3-2-9(6-11(12)16)15-13(17)7-10-8-14-4-5-19-10/h2-3,6,10,14,16H,4-5,7-8H2,1H3,(H,15,17). The van der Waals surface area contributed by atoms with E-state index in [2.05, 4.69) is 10.6 Å². The average molecular weight is 266 g/mol. The molecule has 0 aromatic heterocycles. The first-order valence-corrected chi connectivity index (χ1v) is 6.18. The van der Waals surface area contributed by atoms with Gasteiger partial charge in [-0.3, -0.25) is 4.79 Å². The topological polar surface area (TPSA) is 79.8 Å². The van der Waals surface area contributed by atoms with Crippen LogP contribution >= 0.6 is 0 Å². The smallest absolute Gasteiger partial charge is 0.227 e. The van der Waals surface area contributed by atoms with Crippen LogP contribution in [0.1, 0.15) is 6.42 Å². The molecule has 1 aromatic carbocycles. The highest BCUT2D eigenvalue weighted by Crippen LogP contribution is 2.28. The molecule has 1 saturated heterocycles. The van der Waals surface area contributed by atoms with E-state index >= 15 is 0 Å². The number of anilines is 1. The minimum atomic E-state index is -0.140. The highest BCUT2D eigenvalue weighted by molar-refractivity contribution is 5.91. The summed E-state index contributed by atoms with van der Waals surface area (Å²) in [6, 6.07) is 4.73. The van der Waals surface area contributed by atoms with Crippen molar-refractivity contribution in [2.45, 2.75) is 12.5 Å². The maximum Gasteiger partial charge on any atom is 0.227 e. The molecule has 104 valence electrons. The highest BCUT2D eigenvalue weighted by Gasteiger charge is 2.17. The Bertz CT molecular complexity index is 444. The molecule has 1 amide bonds. The molecule has 2 rings (SSSR count). The van der Waals surface area contributed by atoms with Crippen LogP contribution in [0, 0.1) is 0 Å². The largest absolute Gasteiger partial charge is 0.504 e. The summed E-state index contributed by atoms with van der Waals surface area (Å²) in [6.45, 7) is 2.13. The Hall–Kier alpha value is -1.79. The van der Waals surface area contributed by atoms with Crippen LogP contribution in [0.3, 0.4) is 0 Å². The molecule has 1 unspecified atom stereocenters. The van der Waals surface area contributed by atoms with Crippen LogP contribution in [-0.2, 0) is 9.53 Å². The fraction of sp³-hybridized carbons (Fsp3) is 0.462. The van der Waals surface area contributed by atoms with Gasteiger partial charge in [-0.05, 0) is 12.1 Å². The van der Waals surface area contributed by atoms with Crippen molar-refractivity contribution in [2.24, 2.45) is 0 Å². The molecule has 0 spiro atoms. The number of phenols is 1. The molecule has 0 aliphatic carbocycles. The molecule has 19 heavy (non-hydrogen) atoms. The third-order valence-electron chi connectivity index (χ3n) is 2.88. The van der Waals surface area contributed by atoms with Crippen LogP contribution in [0.2, 0.25) is 0 Å². The summed E-state index contributed by atoms with van der Waals surface area (Å²) >= 11 is 0. The van der Waals surface area contributed by atoms with Gasteiger partial charge in [0, 0.05) is 24.8 Å². The van der Waals surface area contributed by atoms with Gasteiger partial charge in [-0.1, -0.05) is 0 Å². The number of methoxy groups -OCH3 is 1. The van der Waals surface area contributed by atoms with E-state index in [9.17, 15) is 9.90 Å². The SMILES string of the molecule is COc1ccc(NC(=O)CC2CNCCO2)cc1O. The number of amides is 1. The second kappa shape index (κ2) is 6.40. The second-order valence-electron chi connectivity index (χ2n) is 4.34. The molecule has 1 aromatic rings. The van der Waals surface area contributed by atoms with Crippen molar-refractivity contribution in [3.63, 3.8) is 0 Å². The molecule has 0 bridgehead atoms. The molecule has 1 aliphatic rings. The predicted octanol–water partition coefficient (Wildman–Crippen LogP) is 0.718. The number of hydrogen-bond donors (Lipinski definition) is 3.